The van der Waals surface area contributed by atoms with Crippen molar-refractivity contribution in [1.82, 2.24) is 4.98 Å². The Morgan fingerprint density at radius 2 is 2.00 bits per heavy atom. The molecule has 0 saturated heterocycles. The van der Waals surface area contributed by atoms with Crippen molar-refractivity contribution in [1.29, 1.82) is 0 Å². The second-order valence-electron chi connectivity index (χ2n) is 4.28. The van der Waals surface area contributed by atoms with Crippen LogP contribution in [-0.2, 0) is 0 Å². The highest BCUT2D eigenvalue weighted by Gasteiger charge is 2.11. The Hall–Kier alpha value is -3.09. The molecule has 0 aliphatic heterocycles. The number of non-ortho nitro benzene ring substituents is 1. The van der Waals surface area contributed by atoms with E-state index in [0.717, 1.165) is 11.4 Å². The van der Waals surface area contributed by atoms with Crippen molar-refractivity contribution in [2.45, 2.75) is 0 Å². The molecule has 7 nitrogen and oxygen atoms in total. The van der Waals surface area contributed by atoms with Crippen LogP contribution in [0, 0.1) is 10.1 Å². The zero-order chi connectivity index (χ0) is 14.8. The highest BCUT2D eigenvalue weighted by atomic mass is 16.6. The lowest BCUT2D eigenvalue weighted by Crippen LogP contribution is -1.90. The molecular weight excluding hydrogens is 274 g/mol. The number of nitro benzene ring substituents is 1. The predicted octanol–water partition coefficient (Wildman–Crippen LogP) is 3.49. The van der Waals surface area contributed by atoms with E-state index in [2.05, 4.69) is 10.3 Å². The van der Waals surface area contributed by atoms with E-state index in [0.29, 0.717) is 11.1 Å². The first-order valence-corrected chi connectivity index (χ1v) is 6.12. The molecule has 21 heavy (non-hydrogen) atoms. The topological polar surface area (TPSA) is 90.4 Å². The largest absolute Gasteiger partial charge is 0.497 e. The first-order chi connectivity index (χ1) is 10.2. The molecule has 1 N–H and O–H groups in total. The van der Waals surface area contributed by atoms with Crippen molar-refractivity contribution in [2.24, 2.45) is 0 Å². The van der Waals surface area contributed by atoms with Gasteiger partial charge in [0.15, 0.2) is 5.58 Å². The molecule has 0 radical (unpaired) electrons. The van der Waals surface area contributed by atoms with Crippen molar-refractivity contribution in [3.63, 3.8) is 0 Å². The van der Waals surface area contributed by atoms with Crippen LogP contribution in [0.15, 0.2) is 46.9 Å². The van der Waals surface area contributed by atoms with E-state index in [1.807, 2.05) is 12.1 Å². The van der Waals surface area contributed by atoms with Crippen LogP contribution >= 0.6 is 0 Å². The van der Waals surface area contributed by atoms with E-state index in [-0.39, 0.29) is 11.7 Å². The smallest absolute Gasteiger partial charge is 0.300 e. The molecule has 3 rings (SSSR count). The molecule has 0 atom stereocenters. The number of oxazole rings is 1. The average Bonchev–Trinajstić information content (AvgIpc) is 2.89. The van der Waals surface area contributed by atoms with Gasteiger partial charge < -0.3 is 14.5 Å². The quantitative estimate of drug-likeness (QED) is 0.583. The van der Waals surface area contributed by atoms with Crippen LogP contribution < -0.4 is 10.1 Å². The fourth-order valence-electron chi connectivity index (χ4n) is 1.88. The van der Waals surface area contributed by atoms with E-state index in [9.17, 15) is 10.1 Å². The molecule has 0 aliphatic carbocycles. The van der Waals surface area contributed by atoms with Gasteiger partial charge in [-0.05, 0) is 30.3 Å². The van der Waals surface area contributed by atoms with Gasteiger partial charge in [-0.1, -0.05) is 0 Å². The number of rotatable bonds is 4. The normalized spacial score (nSPS) is 10.5. The Balaban J connectivity index is 1.88. The van der Waals surface area contributed by atoms with E-state index >= 15 is 0 Å². The minimum absolute atomic E-state index is 0.0215. The number of benzene rings is 2. The summed E-state index contributed by atoms with van der Waals surface area (Å²) in [5.74, 6) is 0.744. The second kappa shape index (κ2) is 5.12. The molecular formula is C14H11N3O4. The van der Waals surface area contributed by atoms with Gasteiger partial charge in [0.25, 0.3) is 11.7 Å². The summed E-state index contributed by atoms with van der Waals surface area (Å²) in [7, 11) is 1.59. The van der Waals surface area contributed by atoms with Crippen LogP contribution in [0.2, 0.25) is 0 Å². The Morgan fingerprint density at radius 3 is 2.67 bits per heavy atom. The summed E-state index contributed by atoms with van der Waals surface area (Å²) in [5.41, 5.74) is 1.67. The molecule has 1 aromatic heterocycles. The fourth-order valence-corrected chi connectivity index (χ4v) is 1.88. The number of aromatic nitrogens is 1. The third kappa shape index (κ3) is 2.62. The molecule has 2 aromatic carbocycles. The van der Waals surface area contributed by atoms with Crippen LogP contribution in [0.25, 0.3) is 11.1 Å². The molecule has 0 fully saturated rings. The van der Waals surface area contributed by atoms with E-state index in [4.69, 9.17) is 9.15 Å². The standard InChI is InChI=1S/C14H11N3O4/c1-20-11-5-2-9(3-6-11)15-14-16-12-8-10(17(18)19)4-7-13(12)21-14/h2-8H,1H3,(H,15,16). The maximum absolute atomic E-state index is 10.7. The van der Waals surface area contributed by atoms with Crippen LogP contribution in [0.4, 0.5) is 17.4 Å². The number of ether oxygens (including phenoxy) is 1. The lowest BCUT2D eigenvalue weighted by atomic mass is 10.3. The number of fused-ring (bicyclic) bond motifs is 1. The zero-order valence-electron chi connectivity index (χ0n) is 11.1. The van der Waals surface area contributed by atoms with Crippen molar-refractivity contribution < 1.29 is 14.1 Å². The molecule has 106 valence electrons. The van der Waals surface area contributed by atoms with Crippen LogP contribution in [0.1, 0.15) is 0 Å². The summed E-state index contributed by atoms with van der Waals surface area (Å²) in [4.78, 5) is 14.4. The molecule has 1 heterocycles. The molecule has 0 bridgehead atoms. The van der Waals surface area contributed by atoms with Crippen LogP contribution in [0.3, 0.4) is 0 Å². The first-order valence-electron chi connectivity index (χ1n) is 6.12. The van der Waals surface area contributed by atoms with Gasteiger partial charge in [0.2, 0.25) is 0 Å². The highest BCUT2D eigenvalue weighted by molar-refractivity contribution is 5.77. The minimum atomic E-state index is -0.468. The maximum atomic E-state index is 10.7. The summed E-state index contributed by atoms with van der Waals surface area (Å²) < 4.78 is 10.6. The Kier molecular flexibility index (Phi) is 3.15. The monoisotopic (exact) mass is 285 g/mol. The minimum Gasteiger partial charge on any atom is -0.497 e. The number of hydrogen-bond donors (Lipinski definition) is 1. The van der Waals surface area contributed by atoms with Gasteiger partial charge in [-0.3, -0.25) is 10.1 Å². The summed E-state index contributed by atoms with van der Waals surface area (Å²) in [6.45, 7) is 0. The second-order valence-corrected chi connectivity index (χ2v) is 4.28. The number of hydrogen-bond acceptors (Lipinski definition) is 6. The van der Waals surface area contributed by atoms with Gasteiger partial charge in [-0.25, -0.2) is 0 Å². The zero-order valence-corrected chi connectivity index (χ0v) is 11.1. The molecule has 0 spiro atoms. The Labute approximate surface area is 119 Å². The third-order valence-electron chi connectivity index (χ3n) is 2.92. The summed E-state index contributed by atoms with van der Waals surface area (Å²) in [6, 6.07) is 11.8. The predicted molar refractivity (Wildman–Crippen MR) is 76.9 cm³/mol. The lowest BCUT2D eigenvalue weighted by Gasteiger charge is -2.02. The Bertz CT molecular complexity index is 796. The molecule has 7 heteroatoms. The number of nitro groups is 1. The number of nitrogens with one attached hydrogen (secondary N) is 1. The molecule has 0 saturated carbocycles. The van der Waals surface area contributed by atoms with Gasteiger partial charge in [-0.15, -0.1) is 0 Å². The Morgan fingerprint density at radius 1 is 1.24 bits per heavy atom. The molecule has 3 aromatic rings. The number of nitrogens with zero attached hydrogens (tertiary/aromatic N) is 2. The highest BCUT2D eigenvalue weighted by Crippen LogP contribution is 2.26. The van der Waals surface area contributed by atoms with Crippen molar-refractivity contribution in [3.05, 3.63) is 52.6 Å². The van der Waals surface area contributed by atoms with Gasteiger partial charge in [-0.2, -0.15) is 4.98 Å². The van der Waals surface area contributed by atoms with Gasteiger partial charge in [0.05, 0.1) is 12.0 Å². The lowest BCUT2D eigenvalue weighted by molar-refractivity contribution is -0.384. The first kappa shape index (κ1) is 12.9. The molecule has 0 amide bonds. The van der Waals surface area contributed by atoms with Crippen molar-refractivity contribution in [3.8, 4) is 5.75 Å². The van der Waals surface area contributed by atoms with Gasteiger partial charge >= 0.3 is 0 Å². The van der Waals surface area contributed by atoms with Crippen LogP contribution in [-0.4, -0.2) is 17.0 Å². The average molecular weight is 285 g/mol. The third-order valence-corrected chi connectivity index (χ3v) is 2.92. The number of methoxy groups -OCH3 is 1. The summed E-state index contributed by atoms with van der Waals surface area (Å²) >= 11 is 0. The molecule has 0 unspecified atom stereocenters. The van der Waals surface area contributed by atoms with E-state index in [1.54, 1.807) is 19.2 Å². The fraction of sp³-hybridized carbons (Fsp3) is 0.0714. The van der Waals surface area contributed by atoms with Gasteiger partial charge in [0.1, 0.15) is 11.3 Å². The molecule has 0 aliphatic rings. The van der Waals surface area contributed by atoms with Crippen molar-refractivity contribution in [2.75, 3.05) is 12.4 Å². The van der Waals surface area contributed by atoms with Gasteiger partial charge in [0, 0.05) is 17.8 Å². The van der Waals surface area contributed by atoms with Crippen LogP contribution in [0.5, 0.6) is 5.75 Å². The summed E-state index contributed by atoms with van der Waals surface area (Å²) in [5, 5.41) is 13.7. The number of anilines is 2. The maximum Gasteiger partial charge on any atom is 0.300 e. The summed E-state index contributed by atoms with van der Waals surface area (Å²) in [6.07, 6.45) is 0. The van der Waals surface area contributed by atoms with E-state index < -0.39 is 4.92 Å². The van der Waals surface area contributed by atoms with E-state index in [1.165, 1.54) is 18.2 Å². The van der Waals surface area contributed by atoms with Crippen molar-refractivity contribution >= 4 is 28.5 Å². The SMILES string of the molecule is COc1ccc(Nc2nc3cc([N+](=O)[O-])ccc3o2)cc1.